The van der Waals surface area contributed by atoms with Crippen LogP contribution in [0.4, 0.5) is 15.8 Å². The van der Waals surface area contributed by atoms with Crippen LogP contribution < -0.4 is 10.6 Å². The summed E-state index contributed by atoms with van der Waals surface area (Å²) in [6.07, 6.45) is 3.24. The van der Waals surface area contributed by atoms with Gasteiger partial charge in [0.2, 0.25) is 0 Å². The molecule has 0 unspecified atom stereocenters. The summed E-state index contributed by atoms with van der Waals surface area (Å²) in [7, 11) is 0. The Kier molecular flexibility index (Phi) is 3.93. The zero-order valence-corrected chi connectivity index (χ0v) is 12.3. The molecule has 1 heterocycles. The van der Waals surface area contributed by atoms with Crippen LogP contribution in [0, 0.1) is 5.82 Å². The fraction of sp³-hybridized carbons (Fsp3) is 0.333. The highest BCUT2D eigenvalue weighted by molar-refractivity contribution is 5.70. The zero-order valence-electron chi connectivity index (χ0n) is 12.3. The van der Waals surface area contributed by atoms with Gasteiger partial charge >= 0.3 is 0 Å². The third-order valence-corrected chi connectivity index (χ3v) is 4.14. The maximum Gasteiger partial charge on any atom is 0.147 e. The van der Waals surface area contributed by atoms with E-state index in [0.717, 1.165) is 37.1 Å². The number of hydrogen-bond donors (Lipinski definition) is 1. The molecule has 1 aliphatic heterocycles. The Labute approximate surface area is 125 Å². The van der Waals surface area contributed by atoms with Gasteiger partial charge in [0, 0.05) is 18.3 Å². The molecule has 0 aromatic heterocycles. The maximum absolute atomic E-state index is 14.5. The predicted octanol–water partition coefficient (Wildman–Crippen LogP) is 4.32. The summed E-state index contributed by atoms with van der Waals surface area (Å²) in [6, 6.07) is 13.3. The molecule has 2 nitrogen and oxygen atoms in total. The largest absolute Gasteiger partial charge is 0.339 e. The second-order valence-electron chi connectivity index (χ2n) is 5.70. The standard InChI is InChI=1S/C18H21FN2/c1-13(20)15-9-6-10-16(19)18(15)21-12-5-4-8-14-7-2-3-11-17(14)21/h2-3,6-7,9-11,13H,4-5,8,12,20H2,1H3/t13-/m0/s1. The van der Waals surface area contributed by atoms with Gasteiger partial charge in [0.25, 0.3) is 0 Å². The number of fused-ring (bicyclic) bond motifs is 1. The van der Waals surface area contributed by atoms with Crippen molar-refractivity contribution in [3.05, 3.63) is 59.4 Å². The van der Waals surface area contributed by atoms with Crippen LogP contribution in [-0.2, 0) is 6.42 Å². The van der Waals surface area contributed by atoms with E-state index in [-0.39, 0.29) is 11.9 Å². The molecule has 0 spiro atoms. The molecule has 0 aliphatic carbocycles. The van der Waals surface area contributed by atoms with E-state index < -0.39 is 0 Å². The van der Waals surface area contributed by atoms with E-state index in [2.05, 4.69) is 23.1 Å². The number of halogens is 1. The summed E-state index contributed by atoms with van der Waals surface area (Å²) >= 11 is 0. The average molecular weight is 284 g/mol. The predicted molar refractivity (Wildman–Crippen MR) is 85.4 cm³/mol. The van der Waals surface area contributed by atoms with Crippen molar-refractivity contribution in [3.63, 3.8) is 0 Å². The van der Waals surface area contributed by atoms with Gasteiger partial charge in [-0.05, 0) is 49.4 Å². The fourth-order valence-electron chi connectivity index (χ4n) is 3.11. The highest BCUT2D eigenvalue weighted by atomic mass is 19.1. The van der Waals surface area contributed by atoms with Gasteiger partial charge in [-0.3, -0.25) is 0 Å². The Bertz CT molecular complexity index is 637. The SMILES string of the molecule is C[C@H](N)c1cccc(F)c1N1CCCCc2ccccc21. The average Bonchev–Trinajstić information content (AvgIpc) is 2.69. The van der Waals surface area contributed by atoms with E-state index in [1.807, 2.05) is 19.1 Å². The van der Waals surface area contributed by atoms with E-state index in [0.29, 0.717) is 5.69 Å². The maximum atomic E-state index is 14.5. The molecule has 0 bridgehead atoms. The molecular weight excluding hydrogens is 263 g/mol. The van der Waals surface area contributed by atoms with Crippen molar-refractivity contribution in [2.75, 3.05) is 11.4 Å². The highest BCUT2D eigenvalue weighted by Crippen LogP contribution is 2.37. The monoisotopic (exact) mass is 284 g/mol. The molecule has 110 valence electrons. The van der Waals surface area contributed by atoms with Gasteiger partial charge in [-0.25, -0.2) is 4.39 Å². The quantitative estimate of drug-likeness (QED) is 0.890. The first-order valence-corrected chi connectivity index (χ1v) is 7.58. The van der Waals surface area contributed by atoms with Crippen LogP contribution in [0.25, 0.3) is 0 Å². The molecule has 1 atom stereocenters. The van der Waals surface area contributed by atoms with E-state index >= 15 is 0 Å². The van der Waals surface area contributed by atoms with Crippen LogP contribution in [0.15, 0.2) is 42.5 Å². The number of anilines is 2. The molecule has 2 aromatic carbocycles. The molecule has 0 amide bonds. The van der Waals surface area contributed by atoms with Crippen molar-refractivity contribution in [2.45, 2.75) is 32.2 Å². The molecule has 2 N–H and O–H groups in total. The minimum Gasteiger partial charge on any atom is -0.339 e. The van der Waals surface area contributed by atoms with Crippen molar-refractivity contribution in [3.8, 4) is 0 Å². The van der Waals surface area contributed by atoms with E-state index in [1.54, 1.807) is 6.07 Å². The molecule has 1 aliphatic rings. The lowest BCUT2D eigenvalue weighted by Crippen LogP contribution is -2.22. The number of rotatable bonds is 2. The van der Waals surface area contributed by atoms with Gasteiger partial charge in [0.1, 0.15) is 5.82 Å². The van der Waals surface area contributed by atoms with Gasteiger partial charge < -0.3 is 10.6 Å². The van der Waals surface area contributed by atoms with Crippen LogP contribution in [0.3, 0.4) is 0 Å². The fourth-order valence-corrected chi connectivity index (χ4v) is 3.11. The Morgan fingerprint density at radius 1 is 1.10 bits per heavy atom. The number of nitrogens with two attached hydrogens (primary N) is 1. The molecular formula is C18H21FN2. The first-order chi connectivity index (χ1) is 10.2. The summed E-state index contributed by atoms with van der Waals surface area (Å²) in [5.74, 6) is -0.193. The first-order valence-electron chi connectivity index (χ1n) is 7.58. The van der Waals surface area contributed by atoms with E-state index in [1.165, 1.54) is 11.6 Å². The summed E-state index contributed by atoms with van der Waals surface area (Å²) in [5, 5.41) is 0. The molecule has 21 heavy (non-hydrogen) atoms. The highest BCUT2D eigenvalue weighted by Gasteiger charge is 2.22. The Morgan fingerprint density at radius 3 is 2.71 bits per heavy atom. The van der Waals surface area contributed by atoms with Crippen LogP contribution >= 0.6 is 0 Å². The Hall–Kier alpha value is -1.87. The summed E-state index contributed by atoms with van der Waals surface area (Å²) in [6.45, 7) is 2.74. The molecule has 0 fully saturated rings. The van der Waals surface area contributed by atoms with Crippen LogP contribution in [0.2, 0.25) is 0 Å². The summed E-state index contributed by atoms with van der Waals surface area (Å²) in [4.78, 5) is 2.11. The Balaban J connectivity index is 2.17. The van der Waals surface area contributed by atoms with Gasteiger partial charge in [0.15, 0.2) is 0 Å². The molecule has 3 rings (SSSR count). The smallest absolute Gasteiger partial charge is 0.147 e. The van der Waals surface area contributed by atoms with Crippen molar-refractivity contribution in [1.82, 2.24) is 0 Å². The van der Waals surface area contributed by atoms with Gasteiger partial charge in [0.05, 0.1) is 5.69 Å². The zero-order chi connectivity index (χ0) is 14.8. The normalized spacial score (nSPS) is 16.2. The molecule has 0 radical (unpaired) electrons. The van der Waals surface area contributed by atoms with E-state index in [4.69, 9.17) is 5.73 Å². The topological polar surface area (TPSA) is 29.3 Å². The van der Waals surface area contributed by atoms with Crippen molar-refractivity contribution >= 4 is 11.4 Å². The second-order valence-corrected chi connectivity index (χ2v) is 5.70. The van der Waals surface area contributed by atoms with Crippen molar-refractivity contribution in [2.24, 2.45) is 5.73 Å². The number of nitrogens with zero attached hydrogens (tertiary/aromatic N) is 1. The van der Waals surface area contributed by atoms with Crippen molar-refractivity contribution < 1.29 is 4.39 Å². The third-order valence-electron chi connectivity index (χ3n) is 4.14. The number of aryl methyl sites for hydroxylation is 1. The lowest BCUT2D eigenvalue weighted by atomic mass is 10.0. The van der Waals surface area contributed by atoms with Crippen LogP contribution in [0.1, 0.15) is 36.9 Å². The van der Waals surface area contributed by atoms with Gasteiger partial charge in [-0.2, -0.15) is 0 Å². The molecule has 0 saturated heterocycles. The number of hydrogen-bond acceptors (Lipinski definition) is 2. The summed E-state index contributed by atoms with van der Waals surface area (Å²) < 4.78 is 14.5. The second kappa shape index (κ2) is 5.86. The lowest BCUT2D eigenvalue weighted by molar-refractivity contribution is 0.617. The number of para-hydroxylation sites is 2. The minimum atomic E-state index is -0.193. The van der Waals surface area contributed by atoms with Crippen LogP contribution in [-0.4, -0.2) is 6.54 Å². The van der Waals surface area contributed by atoms with Crippen molar-refractivity contribution in [1.29, 1.82) is 0 Å². The van der Waals surface area contributed by atoms with Gasteiger partial charge in [-0.1, -0.05) is 30.3 Å². The molecule has 3 heteroatoms. The first kappa shape index (κ1) is 14.1. The van der Waals surface area contributed by atoms with E-state index in [9.17, 15) is 4.39 Å². The van der Waals surface area contributed by atoms with Gasteiger partial charge in [-0.15, -0.1) is 0 Å². The third kappa shape index (κ3) is 2.66. The Morgan fingerprint density at radius 2 is 1.90 bits per heavy atom. The van der Waals surface area contributed by atoms with Crippen LogP contribution in [0.5, 0.6) is 0 Å². The number of benzene rings is 2. The molecule has 0 saturated carbocycles. The molecule has 2 aromatic rings. The minimum absolute atomic E-state index is 0.189. The summed E-state index contributed by atoms with van der Waals surface area (Å²) in [5.41, 5.74) is 9.96. The lowest BCUT2D eigenvalue weighted by Gasteiger charge is -2.28.